The molecule has 0 fully saturated rings. The Kier molecular flexibility index (Phi) is 6.05. The molecule has 3 N–H and O–H groups in total. The summed E-state index contributed by atoms with van der Waals surface area (Å²) in [5.41, 5.74) is 1.04. The van der Waals surface area contributed by atoms with Crippen molar-refractivity contribution in [1.29, 1.82) is 0 Å². The van der Waals surface area contributed by atoms with E-state index in [-0.39, 0.29) is 5.91 Å². The van der Waals surface area contributed by atoms with Crippen molar-refractivity contribution in [1.82, 2.24) is 15.3 Å². The smallest absolute Gasteiger partial charge is 0.221 e. The second-order valence-electron chi connectivity index (χ2n) is 4.52. The van der Waals surface area contributed by atoms with E-state index < -0.39 is 0 Å². The van der Waals surface area contributed by atoms with Crippen LogP contribution in [0.5, 0.6) is 0 Å². The van der Waals surface area contributed by atoms with Crippen LogP contribution in [0.2, 0.25) is 0 Å². The van der Waals surface area contributed by atoms with Gasteiger partial charge in [0, 0.05) is 32.1 Å². The first-order valence-corrected chi connectivity index (χ1v) is 6.63. The molecule has 0 atom stereocenters. The molecule has 19 heavy (non-hydrogen) atoms. The normalized spacial score (nSPS) is 10.4. The molecule has 0 saturated carbocycles. The van der Waals surface area contributed by atoms with Gasteiger partial charge in [-0.25, -0.2) is 9.97 Å². The highest BCUT2D eigenvalue weighted by Crippen LogP contribution is 2.27. The van der Waals surface area contributed by atoms with Crippen molar-refractivity contribution in [2.75, 3.05) is 30.8 Å². The topological polar surface area (TPSA) is 78.9 Å². The molecule has 0 spiro atoms. The van der Waals surface area contributed by atoms with Crippen LogP contribution in [0.4, 0.5) is 11.6 Å². The molecule has 0 aliphatic rings. The lowest BCUT2D eigenvalue weighted by atomic mass is 10.0. The molecule has 1 aromatic rings. The molecule has 0 aromatic carbocycles. The van der Waals surface area contributed by atoms with Gasteiger partial charge in [0.15, 0.2) is 0 Å². The number of carbonyl (C=O) groups excluding carboxylic acids is 1. The van der Waals surface area contributed by atoms with Gasteiger partial charge in [0.1, 0.15) is 18.0 Å². The maximum atomic E-state index is 11.4. The predicted octanol–water partition coefficient (Wildman–Crippen LogP) is 1.58. The Morgan fingerprint density at radius 3 is 2.58 bits per heavy atom. The first kappa shape index (κ1) is 15.2. The van der Waals surface area contributed by atoms with Gasteiger partial charge < -0.3 is 16.0 Å². The van der Waals surface area contributed by atoms with Crippen molar-refractivity contribution in [3.63, 3.8) is 0 Å². The third kappa shape index (κ3) is 4.39. The number of nitrogens with one attached hydrogen (secondary N) is 3. The maximum absolute atomic E-state index is 11.4. The van der Waals surface area contributed by atoms with Crippen LogP contribution in [-0.2, 0) is 4.79 Å². The van der Waals surface area contributed by atoms with Crippen molar-refractivity contribution >= 4 is 17.5 Å². The van der Waals surface area contributed by atoms with Gasteiger partial charge in [0.25, 0.3) is 0 Å². The fourth-order valence-corrected chi connectivity index (χ4v) is 1.86. The fraction of sp³-hybridized carbons (Fsp3) is 0.615. The summed E-state index contributed by atoms with van der Waals surface area (Å²) in [7, 11) is 1.84. The van der Waals surface area contributed by atoms with Gasteiger partial charge in [-0.3, -0.25) is 4.79 Å². The summed E-state index contributed by atoms with van der Waals surface area (Å²) in [6.07, 6.45) is 1.95. The minimum atomic E-state index is 0.0454. The van der Waals surface area contributed by atoms with Crippen LogP contribution in [0.3, 0.4) is 0 Å². The zero-order valence-corrected chi connectivity index (χ0v) is 12.1. The van der Waals surface area contributed by atoms with Gasteiger partial charge in [-0.05, 0) is 12.8 Å². The number of nitrogens with zero attached hydrogens (tertiary/aromatic N) is 2. The van der Waals surface area contributed by atoms with E-state index in [2.05, 4.69) is 39.8 Å². The van der Waals surface area contributed by atoms with Crippen molar-refractivity contribution in [2.24, 2.45) is 0 Å². The van der Waals surface area contributed by atoms with Gasteiger partial charge in [-0.15, -0.1) is 0 Å². The number of hydrogen-bond acceptors (Lipinski definition) is 5. The molecular formula is C13H23N5O. The van der Waals surface area contributed by atoms with E-state index >= 15 is 0 Å². The molecule has 106 valence electrons. The quantitative estimate of drug-likeness (QED) is 0.697. The third-order valence-electron chi connectivity index (χ3n) is 2.72. The summed E-state index contributed by atoms with van der Waals surface area (Å²) in [4.78, 5) is 19.8. The number of carbonyl (C=O) groups is 1. The molecule has 1 heterocycles. The number of anilines is 2. The van der Waals surface area contributed by atoms with Crippen molar-refractivity contribution in [2.45, 2.75) is 33.1 Å². The molecule has 0 bridgehead atoms. The minimum Gasteiger partial charge on any atom is -0.373 e. The molecule has 1 aromatic heterocycles. The number of rotatable bonds is 7. The lowest BCUT2D eigenvalue weighted by Gasteiger charge is -2.16. The SMILES string of the molecule is CCNC(=O)CCNc1ncnc(NC)c1C(C)C. The largest absolute Gasteiger partial charge is 0.373 e. The Morgan fingerprint density at radius 1 is 1.32 bits per heavy atom. The molecule has 0 aliphatic heterocycles. The van der Waals surface area contributed by atoms with Gasteiger partial charge in [-0.1, -0.05) is 13.8 Å². The van der Waals surface area contributed by atoms with E-state index in [1.807, 2.05) is 14.0 Å². The molecule has 0 unspecified atom stereocenters. The van der Waals surface area contributed by atoms with Crippen LogP contribution >= 0.6 is 0 Å². The highest BCUT2D eigenvalue weighted by atomic mass is 16.1. The van der Waals surface area contributed by atoms with Crippen LogP contribution in [0, 0.1) is 0 Å². The summed E-state index contributed by atoms with van der Waals surface area (Å²) in [6.45, 7) is 7.31. The second-order valence-corrected chi connectivity index (χ2v) is 4.52. The van der Waals surface area contributed by atoms with E-state index in [1.54, 1.807) is 0 Å². The van der Waals surface area contributed by atoms with Gasteiger partial charge in [0.05, 0.1) is 0 Å². The number of aromatic nitrogens is 2. The molecule has 6 nitrogen and oxygen atoms in total. The number of amides is 1. The fourth-order valence-electron chi connectivity index (χ4n) is 1.86. The monoisotopic (exact) mass is 265 g/mol. The molecule has 6 heteroatoms. The zero-order chi connectivity index (χ0) is 14.3. The van der Waals surface area contributed by atoms with Crippen molar-refractivity contribution < 1.29 is 4.79 Å². The molecule has 1 amide bonds. The number of hydrogen-bond donors (Lipinski definition) is 3. The van der Waals surface area contributed by atoms with E-state index in [0.29, 0.717) is 25.4 Å². The molecule has 0 saturated heterocycles. The van der Waals surface area contributed by atoms with Crippen molar-refractivity contribution in [3.8, 4) is 0 Å². The molecule has 1 rings (SSSR count). The summed E-state index contributed by atoms with van der Waals surface area (Å²) in [5.74, 6) is 1.96. The average Bonchev–Trinajstić information content (AvgIpc) is 2.38. The average molecular weight is 265 g/mol. The lowest BCUT2D eigenvalue weighted by Crippen LogP contribution is -2.25. The van der Waals surface area contributed by atoms with Crippen molar-refractivity contribution in [3.05, 3.63) is 11.9 Å². The highest BCUT2D eigenvalue weighted by molar-refractivity contribution is 5.76. The van der Waals surface area contributed by atoms with Gasteiger partial charge in [0.2, 0.25) is 5.91 Å². The highest BCUT2D eigenvalue weighted by Gasteiger charge is 2.13. The van der Waals surface area contributed by atoms with E-state index in [1.165, 1.54) is 6.33 Å². The standard InChI is InChI=1S/C13H23N5O/c1-5-15-10(19)6-7-16-13-11(9(2)3)12(14-4)17-8-18-13/h8-9H,5-7H2,1-4H3,(H,15,19)(H2,14,16,17,18). The summed E-state index contributed by atoms with van der Waals surface area (Å²) >= 11 is 0. The van der Waals surface area contributed by atoms with Crippen LogP contribution in [-0.4, -0.2) is 36.0 Å². The first-order chi connectivity index (χ1) is 9.10. The minimum absolute atomic E-state index is 0.0454. The Labute approximate surface area is 114 Å². The summed E-state index contributed by atoms with van der Waals surface area (Å²) < 4.78 is 0. The Morgan fingerprint density at radius 2 is 2.00 bits per heavy atom. The Bertz CT molecular complexity index is 419. The van der Waals surface area contributed by atoms with Crippen LogP contribution in [0.15, 0.2) is 6.33 Å². The third-order valence-corrected chi connectivity index (χ3v) is 2.72. The van der Waals surface area contributed by atoms with Crippen LogP contribution in [0.1, 0.15) is 38.7 Å². The molecule has 0 radical (unpaired) electrons. The van der Waals surface area contributed by atoms with Gasteiger partial charge >= 0.3 is 0 Å². The lowest BCUT2D eigenvalue weighted by molar-refractivity contribution is -0.120. The molecular weight excluding hydrogens is 242 g/mol. The Hall–Kier alpha value is -1.85. The first-order valence-electron chi connectivity index (χ1n) is 6.63. The van der Waals surface area contributed by atoms with Crippen LogP contribution in [0.25, 0.3) is 0 Å². The van der Waals surface area contributed by atoms with E-state index in [0.717, 1.165) is 17.2 Å². The zero-order valence-electron chi connectivity index (χ0n) is 12.1. The van der Waals surface area contributed by atoms with Gasteiger partial charge in [-0.2, -0.15) is 0 Å². The summed E-state index contributed by atoms with van der Waals surface area (Å²) in [5, 5.41) is 9.04. The van der Waals surface area contributed by atoms with E-state index in [9.17, 15) is 4.79 Å². The predicted molar refractivity (Wildman–Crippen MR) is 77.5 cm³/mol. The molecule has 0 aliphatic carbocycles. The van der Waals surface area contributed by atoms with Crippen LogP contribution < -0.4 is 16.0 Å². The Balaban J connectivity index is 2.70. The maximum Gasteiger partial charge on any atom is 0.221 e. The summed E-state index contributed by atoms with van der Waals surface area (Å²) in [6, 6.07) is 0. The second kappa shape index (κ2) is 7.56. The van der Waals surface area contributed by atoms with E-state index in [4.69, 9.17) is 0 Å².